The first-order valence-corrected chi connectivity index (χ1v) is 7.51. The molecule has 0 aliphatic carbocycles. The number of benzene rings is 1. The molecule has 1 atom stereocenters. The largest absolute Gasteiger partial charge is 0.467 e. The smallest absolute Gasteiger partial charge is 0.238 e. The van der Waals surface area contributed by atoms with E-state index in [4.69, 9.17) is 4.42 Å². The molecule has 2 amide bonds. The first kappa shape index (κ1) is 17.7. The average Bonchev–Trinajstić information content (AvgIpc) is 3.00. The summed E-state index contributed by atoms with van der Waals surface area (Å²) in [5.74, 6) is -0.308. The molecule has 1 heterocycles. The molecular weight excluding hydrogens is 313 g/mol. The SMILES string of the molecule is CC(NC(=O)CN(C)CC(=O)Nc1cccc(F)c1)c1ccco1. The highest BCUT2D eigenvalue weighted by Crippen LogP contribution is 2.12. The van der Waals surface area contributed by atoms with Crippen LogP contribution < -0.4 is 10.6 Å². The Morgan fingerprint density at radius 3 is 2.62 bits per heavy atom. The van der Waals surface area contributed by atoms with Gasteiger partial charge in [0.2, 0.25) is 11.8 Å². The summed E-state index contributed by atoms with van der Waals surface area (Å²) in [6, 6.07) is 8.92. The number of halogens is 1. The van der Waals surface area contributed by atoms with Gasteiger partial charge in [-0.1, -0.05) is 6.07 Å². The zero-order valence-corrected chi connectivity index (χ0v) is 13.6. The summed E-state index contributed by atoms with van der Waals surface area (Å²) in [5, 5.41) is 5.37. The molecule has 1 aromatic heterocycles. The van der Waals surface area contributed by atoms with Crippen molar-refractivity contribution in [3.05, 3.63) is 54.2 Å². The van der Waals surface area contributed by atoms with Crippen molar-refractivity contribution in [3.8, 4) is 0 Å². The highest BCUT2D eigenvalue weighted by atomic mass is 19.1. The van der Waals surface area contributed by atoms with Gasteiger partial charge in [-0.2, -0.15) is 0 Å². The molecule has 0 bridgehead atoms. The lowest BCUT2D eigenvalue weighted by atomic mass is 10.2. The Kier molecular flexibility index (Phi) is 6.08. The Morgan fingerprint density at radius 1 is 1.21 bits per heavy atom. The van der Waals surface area contributed by atoms with Crippen LogP contribution in [0.2, 0.25) is 0 Å². The van der Waals surface area contributed by atoms with E-state index in [-0.39, 0.29) is 30.9 Å². The maximum Gasteiger partial charge on any atom is 0.238 e. The number of amides is 2. The standard InChI is InChI=1S/C17H20FN3O3/c1-12(15-7-4-8-24-15)19-16(22)10-21(2)11-17(23)20-14-6-3-5-13(18)9-14/h3-9,12H,10-11H2,1-2H3,(H,19,22)(H,20,23). The third kappa shape index (κ3) is 5.51. The van der Waals surface area contributed by atoms with Gasteiger partial charge in [0.1, 0.15) is 11.6 Å². The third-order valence-corrected chi connectivity index (χ3v) is 3.28. The number of anilines is 1. The second-order valence-corrected chi connectivity index (χ2v) is 5.54. The molecule has 1 aromatic carbocycles. The van der Waals surface area contributed by atoms with Crippen molar-refractivity contribution in [2.75, 3.05) is 25.5 Å². The van der Waals surface area contributed by atoms with Gasteiger partial charge in [0.15, 0.2) is 0 Å². The lowest BCUT2D eigenvalue weighted by Crippen LogP contribution is -2.39. The van der Waals surface area contributed by atoms with Crippen molar-refractivity contribution in [1.82, 2.24) is 10.2 Å². The van der Waals surface area contributed by atoms with E-state index >= 15 is 0 Å². The molecule has 0 aliphatic heterocycles. The maximum absolute atomic E-state index is 13.1. The number of nitrogens with one attached hydrogen (secondary N) is 2. The van der Waals surface area contributed by atoms with Gasteiger partial charge in [0, 0.05) is 5.69 Å². The third-order valence-electron chi connectivity index (χ3n) is 3.28. The normalized spacial score (nSPS) is 12.0. The Balaban J connectivity index is 1.76. The molecule has 0 radical (unpaired) electrons. The van der Waals surface area contributed by atoms with Crippen LogP contribution in [0.15, 0.2) is 47.1 Å². The fraction of sp³-hybridized carbons (Fsp3) is 0.294. The number of hydrogen-bond donors (Lipinski definition) is 2. The maximum atomic E-state index is 13.1. The molecule has 2 aromatic rings. The second kappa shape index (κ2) is 8.26. The van der Waals surface area contributed by atoms with E-state index in [0.717, 1.165) is 0 Å². The molecule has 1 unspecified atom stereocenters. The predicted molar refractivity (Wildman–Crippen MR) is 87.8 cm³/mol. The number of rotatable bonds is 7. The minimum atomic E-state index is -0.424. The van der Waals surface area contributed by atoms with Crippen LogP contribution in [0.3, 0.4) is 0 Å². The van der Waals surface area contributed by atoms with Crippen LogP contribution in [0, 0.1) is 5.82 Å². The highest BCUT2D eigenvalue weighted by Gasteiger charge is 2.15. The summed E-state index contributed by atoms with van der Waals surface area (Å²) >= 11 is 0. The van der Waals surface area contributed by atoms with Gasteiger partial charge in [0.25, 0.3) is 0 Å². The van der Waals surface area contributed by atoms with Crippen LogP contribution in [-0.4, -0.2) is 36.9 Å². The number of furan rings is 1. The fourth-order valence-electron chi connectivity index (χ4n) is 2.21. The summed E-state index contributed by atoms with van der Waals surface area (Å²) in [6.07, 6.45) is 1.54. The van der Waals surface area contributed by atoms with E-state index < -0.39 is 5.82 Å². The molecule has 6 nitrogen and oxygen atoms in total. The minimum absolute atomic E-state index is 0.0130. The summed E-state index contributed by atoms with van der Waals surface area (Å²) in [7, 11) is 1.66. The van der Waals surface area contributed by atoms with Crippen LogP contribution >= 0.6 is 0 Å². The van der Waals surface area contributed by atoms with Crippen molar-refractivity contribution < 1.29 is 18.4 Å². The van der Waals surface area contributed by atoms with E-state index in [9.17, 15) is 14.0 Å². The van der Waals surface area contributed by atoms with Gasteiger partial charge in [-0.05, 0) is 44.3 Å². The minimum Gasteiger partial charge on any atom is -0.467 e. The second-order valence-electron chi connectivity index (χ2n) is 5.54. The lowest BCUT2D eigenvalue weighted by molar-refractivity contribution is -0.123. The molecule has 24 heavy (non-hydrogen) atoms. The van der Waals surface area contributed by atoms with Crippen LogP contribution in [-0.2, 0) is 9.59 Å². The number of likely N-dealkylation sites (N-methyl/N-ethyl adjacent to an activating group) is 1. The van der Waals surface area contributed by atoms with Crippen molar-refractivity contribution in [3.63, 3.8) is 0 Å². The Labute approximate surface area is 139 Å². The van der Waals surface area contributed by atoms with Gasteiger partial charge in [-0.25, -0.2) is 4.39 Å². The zero-order chi connectivity index (χ0) is 17.5. The van der Waals surface area contributed by atoms with Crippen LogP contribution in [0.4, 0.5) is 10.1 Å². The lowest BCUT2D eigenvalue weighted by Gasteiger charge is -2.18. The van der Waals surface area contributed by atoms with Crippen LogP contribution in [0.1, 0.15) is 18.7 Å². The number of carbonyl (C=O) groups is 2. The molecule has 0 fully saturated rings. The zero-order valence-electron chi connectivity index (χ0n) is 13.6. The quantitative estimate of drug-likeness (QED) is 0.814. The van der Waals surface area contributed by atoms with Crippen LogP contribution in [0.5, 0.6) is 0 Å². The topological polar surface area (TPSA) is 74.6 Å². The Bertz CT molecular complexity index is 688. The first-order chi connectivity index (χ1) is 11.4. The highest BCUT2D eigenvalue weighted by molar-refractivity contribution is 5.92. The predicted octanol–water partition coefficient (Wildman–Crippen LogP) is 2.17. The Morgan fingerprint density at radius 2 is 1.96 bits per heavy atom. The van der Waals surface area contributed by atoms with E-state index in [1.54, 1.807) is 36.4 Å². The molecular formula is C17H20FN3O3. The number of hydrogen-bond acceptors (Lipinski definition) is 4. The molecule has 128 valence electrons. The summed E-state index contributed by atoms with van der Waals surface area (Å²) in [4.78, 5) is 25.4. The molecule has 0 saturated heterocycles. The first-order valence-electron chi connectivity index (χ1n) is 7.51. The Hall–Kier alpha value is -2.67. The van der Waals surface area contributed by atoms with Crippen molar-refractivity contribution in [1.29, 1.82) is 0 Å². The molecule has 2 rings (SSSR count). The molecule has 0 spiro atoms. The van der Waals surface area contributed by atoms with Crippen molar-refractivity contribution in [2.45, 2.75) is 13.0 Å². The summed E-state index contributed by atoms with van der Waals surface area (Å²) < 4.78 is 18.3. The summed E-state index contributed by atoms with van der Waals surface area (Å²) in [6.45, 7) is 1.88. The van der Waals surface area contributed by atoms with Gasteiger partial charge in [0.05, 0.1) is 25.4 Å². The molecule has 0 aliphatic rings. The average molecular weight is 333 g/mol. The monoisotopic (exact) mass is 333 g/mol. The molecule has 0 saturated carbocycles. The van der Waals surface area contributed by atoms with E-state index in [2.05, 4.69) is 10.6 Å². The molecule has 2 N–H and O–H groups in total. The number of nitrogens with zero attached hydrogens (tertiary/aromatic N) is 1. The molecule has 7 heteroatoms. The fourth-order valence-corrected chi connectivity index (χ4v) is 2.21. The number of carbonyl (C=O) groups excluding carboxylic acids is 2. The van der Waals surface area contributed by atoms with Crippen molar-refractivity contribution in [2.24, 2.45) is 0 Å². The van der Waals surface area contributed by atoms with E-state index in [1.165, 1.54) is 18.2 Å². The van der Waals surface area contributed by atoms with Gasteiger partial charge in [-0.3, -0.25) is 14.5 Å². The van der Waals surface area contributed by atoms with Gasteiger partial charge in [-0.15, -0.1) is 0 Å². The van der Waals surface area contributed by atoms with Crippen LogP contribution in [0.25, 0.3) is 0 Å². The van der Waals surface area contributed by atoms with E-state index in [0.29, 0.717) is 11.4 Å². The van der Waals surface area contributed by atoms with E-state index in [1.807, 2.05) is 6.92 Å². The van der Waals surface area contributed by atoms with Gasteiger partial charge < -0.3 is 15.1 Å². The van der Waals surface area contributed by atoms with Crippen molar-refractivity contribution >= 4 is 17.5 Å². The summed E-state index contributed by atoms with van der Waals surface area (Å²) in [5.41, 5.74) is 0.379. The van der Waals surface area contributed by atoms with Gasteiger partial charge >= 0.3 is 0 Å².